The molecule has 0 saturated carbocycles. The molecule has 0 aliphatic carbocycles. The zero-order chi connectivity index (χ0) is 12.8. The van der Waals surface area contributed by atoms with E-state index in [-0.39, 0.29) is 0 Å². The Hall–Kier alpha value is -1.75. The predicted octanol–water partition coefficient (Wildman–Crippen LogP) is 2.87. The third kappa shape index (κ3) is 3.63. The van der Waals surface area contributed by atoms with E-state index in [1.807, 2.05) is 43.3 Å². The lowest BCUT2D eigenvalue weighted by atomic mass is 10.3. The molecule has 4 nitrogen and oxygen atoms in total. The van der Waals surface area contributed by atoms with E-state index in [4.69, 9.17) is 0 Å². The van der Waals surface area contributed by atoms with Crippen molar-refractivity contribution in [2.75, 3.05) is 22.9 Å². The standard InChI is InChI=1S/C13H16N4S/c1-10-15-12(14-7-8-18)9-13(16-10)17-11-5-3-2-4-6-11/h2-6,9,18H,7-8H2,1H3,(H2,14,15,16,17). The van der Waals surface area contributed by atoms with Crippen LogP contribution in [-0.2, 0) is 0 Å². The largest absolute Gasteiger partial charge is 0.369 e. The maximum absolute atomic E-state index is 4.36. The number of anilines is 3. The summed E-state index contributed by atoms with van der Waals surface area (Å²) in [6.45, 7) is 2.66. The molecule has 0 aliphatic rings. The first kappa shape index (κ1) is 12.7. The van der Waals surface area contributed by atoms with Gasteiger partial charge in [0.25, 0.3) is 0 Å². The number of hydrogen-bond donors (Lipinski definition) is 3. The second-order valence-corrected chi connectivity index (χ2v) is 4.27. The molecular weight excluding hydrogens is 244 g/mol. The quantitative estimate of drug-likeness (QED) is 0.724. The Bertz CT molecular complexity index is 502. The van der Waals surface area contributed by atoms with Crippen LogP contribution in [0.4, 0.5) is 17.3 Å². The van der Waals surface area contributed by atoms with Gasteiger partial charge in [0.1, 0.15) is 17.5 Å². The van der Waals surface area contributed by atoms with Crippen LogP contribution in [-0.4, -0.2) is 22.3 Å². The SMILES string of the molecule is Cc1nc(NCCS)cc(Nc2ccccc2)n1. The highest BCUT2D eigenvalue weighted by Gasteiger charge is 2.01. The number of benzene rings is 1. The second kappa shape index (κ2) is 6.26. The normalized spacial score (nSPS) is 10.1. The molecule has 0 amide bonds. The molecule has 2 rings (SSSR count). The lowest BCUT2D eigenvalue weighted by Gasteiger charge is -2.09. The van der Waals surface area contributed by atoms with Gasteiger partial charge in [-0.05, 0) is 19.1 Å². The number of rotatable bonds is 5. The van der Waals surface area contributed by atoms with Gasteiger partial charge in [-0.3, -0.25) is 0 Å². The molecule has 2 N–H and O–H groups in total. The van der Waals surface area contributed by atoms with Crippen LogP contribution in [0, 0.1) is 6.92 Å². The molecule has 1 aromatic heterocycles. The molecule has 0 atom stereocenters. The minimum Gasteiger partial charge on any atom is -0.369 e. The van der Waals surface area contributed by atoms with E-state index in [0.29, 0.717) is 0 Å². The summed E-state index contributed by atoms with van der Waals surface area (Å²) in [5, 5.41) is 6.45. The van der Waals surface area contributed by atoms with Gasteiger partial charge in [-0.1, -0.05) is 18.2 Å². The lowest BCUT2D eigenvalue weighted by Crippen LogP contribution is -2.07. The number of nitrogens with zero attached hydrogens (tertiary/aromatic N) is 2. The molecule has 0 spiro atoms. The number of aromatic nitrogens is 2. The van der Waals surface area contributed by atoms with Gasteiger partial charge in [-0.2, -0.15) is 12.6 Å². The number of aryl methyl sites for hydroxylation is 1. The van der Waals surface area contributed by atoms with Crippen molar-refractivity contribution in [3.63, 3.8) is 0 Å². The average molecular weight is 260 g/mol. The minimum atomic E-state index is 0.734. The van der Waals surface area contributed by atoms with Crippen molar-refractivity contribution in [2.24, 2.45) is 0 Å². The van der Waals surface area contributed by atoms with Gasteiger partial charge in [-0.15, -0.1) is 0 Å². The van der Waals surface area contributed by atoms with Crippen LogP contribution in [0.15, 0.2) is 36.4 Å². The molecular formula is C13H16N4S. The lowest BCUT2D eigenvalue weighted by molar-refractivity contribution is 1.04. The molecule has 94 valence electrons. The maximum Gasteiger partial charge on any atom is 0.136 e. The summed E-state index contributed by atoms with van der Waals surface area (Å²) in [6.07, 6.45) is 0. The van der Waals surface area contributed by atoms with E-state index in [2.05, 4.69) is 33.2 Å². The van der Waals surface area contributed by atoms with Gasteiger partial charge in [0, 0.05) is 24.1 Å². The monoisotopic (exact) mass is 260 g/mol. The Morgan fingerprint density at radius 2 is 1.83 bits per heavy atom. The van der Waals surface area contributed by atoms with Crippen molar-refractivity contribution in [1.29, 1.82) is 0 Å². The van der Waals surface area contributed by atoms with Crippen LogP contribution in [0.5, 0.6) is 0 Å². The highest BCUT2D eigenvalue weighted by Crippen LogP contribution is 2.16. The van der Waals surface area contributed by atoms with E-state index in [1.54, 1.807) is 0 Å². The van der Waals surface area contributed by atoms with E-state index in [0.717, 1.165) is 35.4 Å². The van der Waals surface area contributed by atoms with Gasteiger partial charge in [0.05, 0.1) is 0 Å². The average Bonchev–Trinajstić information content (AvgIpc) is 2.37. The highest BCUT2D eigenvalue weighted by molar-refractivity contribution is 7.80. The summed E-state index contributed by atoms with van der Waals surface area (Å²) in [7, 11) is 0. The fraction of sp³-hybridized carbons (Fsp3) is 0.231. The second-order valence-electron chi connectivity index (χ2n) is 3.83. The topological polar surface area (TPSA) is 49.8 Å². The van der Waals surface area contributed by atoms with Crippen molar-refractivity contribution < 1.29 is 0 Å². The Balaban J connectivity index is 2.15. The molecule has 18 heavy (non-hydrogen) atoms. The molecule has 1 heterocycles. The van der Waals surface area contributed by atoms with Gasteiger partial charge in [0.15, 0.2) is 0 Å². The molecule has 0 fully saturated rings. The number of para-hydroxylation sites is 1. The molecule has 0 radical (unpaired) electrons. The smallest absolute Gasteiger partial charge is 0.136 e. The Labute approximate surface area is 112 Å². The van der Waals surface area contributed by atoms with Crippen LogP contribution >= 0.6 is 12.6 Å². The van der Waals surface area contributed by atoms with Crippen molar-refractivity contribution in [3.05, 3.63) is 42.2 Å². The number of hydrogen-bond acceptors (Lipinski definition) is 5. The van der Waals surface area contributed by atoms with Crippen LogP contribution in [0.25, 0.3) is 0 Å². The number of nitrogens with one attached hydrogen (secondary N) is 2. The third-order valence-corrected chi connectivity index (χ3v) is 2.53. The Kier molecular flexibility index (Phi) is 4.41. The van der Waals surface area contributed by atoms with Crippen LogP contribution < -0.4 is 10.6 Å². The van der Waals surface area contributed by atoms with Crippen molar-refractivity contribution >= 4 is 30.0 Å². The van der Waals surface area contributed by atoms with Crippen LogP contribution in [0.3, 0.4) is 0 Å². The Morgan fingerprint density at radius 1 is 1.11 bits per heavy atom. The van der Waals surface area contributed by atoms with Crippen LogP contribution in [0.1, 0.15) is 5.82 Å². The minimum absolute atomic E-state index is 0.734. The van der Waals surface area contributed by atoms with Gasteiger partial charge in [-0.25, -0.2) is 9.97 Å². The summed E-state index contributed by atoms with van der Waals surface area (Å²) in [5.74, 6) is 3.10. The zero-order valence-electron chi connectivity index (χ0n) is 10.2. The fourth-order valence-electron chi connectivity index (χ4n) is 1.58. The van der Waals surface area contributed by atoms with E-state index in [9.17, 15) is 0 Å². The summed E-state index contributed by atoms with van der Waals surface area (Å²) in [4.78, 5) is 8.67. The number of thiol groups is 1. The van der Waals surface area contributed by atoms with Crippen molar-refractivity contribution in [2.45, 2.75) is 6.92 Å². The predicted molar refractivity (Wildman–Crippen MR) is 78.8 cm³/mol. The molecule has 0 aliphatic heterocycles. The summed E-state index contributed by atoms with van der Waals surface area (Å²) < 4.78 is 0. The van der Waals surface area contributed by atoms with Gasteiger partial charge < -0.3 is 10.6 Å². The third-order valence-electron chi connectivity index (χ3n) is 2.30. The fourth-order valence-corrected chi connectivity index (χ4v) is 1.69. The van der Waals surface area contributed by atoms with E-state index >= 15 is 0 Å². The first-order valence-electron chi connectivity index (χ1n) is 5.80. The van der Waals surface area contributed by atoms with Crippen LogP contribution in [0.2, 0.25) is 0 Å². The Morgan fingerprint density at radius 3 is 2.56 bits per heavy atom. The summed E-state index contributed by atoms with van der Waals surface area (Å²) >= 11 is 4.16. The molecule has 1 aromatic carbocycles. The molecule has 5 heteroatoms. The van der Waals surface area contributed by atoms with Crippen molar-refractivity contribution in [3.8, 4) is 0 Å². The van der Waals surface area contributed by atoms with Gasteiger partial charge >= 0.3 is 0 Å². The first-order chi connectivity index (χ1) is 8.78. The summed E-state index contributed by atoms with van der Waals surface area (Å²) in [5.41, 5.74) is 1.01. The molecule has 2 aromatic rings. The molecule has 0 unspecified atom stereocenters. The first-order valence-corrected chi connectivity index (χ1v) is 6.43. The molecule has 0 saturated heterocycles. The van der Waals surface area contributed by atoms with E-state index < -0.39 is 0 Å². The van der Waals surface area contributed by atoms with Crippen molar-refractivity contribution in [1.82, 2.24) is 9.97 Å². The highest BCUT2D eigenvalue weighted by atomic mass is 32.1. The molecule has 0 bridgehead atoms. The van der Waals surface area contributed by atoms with E-state index in [1.165, 1.54) is 0 Å². The zero-order valence-corrected chi connectivity index (χ0v) is 11.1. The maximum atomic E-state index is 4.36. The van der Waals surface area contributed by atoms with Gasteiger partial charge in [0.2, 0.25) is 0 Å². The summed E-state index contributed by atoms with van der Waals surface area (Å²) in [6, 6.07) is 11.8.